The highest BCUT2D eigenvalue weighted by atomic mass is 16.5. The van der Waals surface area contributed by atoms with Gasteiger partial charge < -0.3 is 19.7 Å². The zero-order valence-corrected chi connectivity index (χ0v) is 12.3. The van der Waals surface area contributed by atoms with E-state index in [1.54, 1.807) is 14.2 Å². The predicted molar refractivity (Wildman–Crippen MR) is 78.5 cm³/mol. The molecule has 0 bridgehead atoms. The van der Waals surface area contributed by atoms with Crippen molar-refractivity contribution in [2.24, 2.45) is 0 Å². The van der Waals surface area contributed by atoms with Crippen LogP contribution in [0, 0.1) is 0 Å². The van der Waals surface area contributed by atoms with E-state index in [2.05, 4.69) is 36.2 Å². The monoisotopic (exact) mass is 264 g/mol. The third kappa shape index (κ3) is 3.32. The third-order valence-corrected chi connectivity index (χ3v) is 3.53. The van der Waals surface area contributed by atoms with Crippen LogP contribution in [0.2, 0.25) is 0 Å². The van der Waals surface area contributed by atoms with Crippen molar-refractivity contribution >= 4 is 5.69 Å². The summed E-state index contributed by atoms with van der Waals surface area (Å²) in [5.41, 5.74) is 1.32. The number of hydrogen-bond donors (Lipinski definition) is 1. The van der Waals surface area contributed by atoms with Gasteiger partial charge in [0.15, 0.2) is 11.5 Å². The maximum absolute atomic E-state index is 5.38. The van der Waals surface area contributed by atoms with Crippen LogP contribution >= 0.6 is 0 Å². The number of methoxy groups -OCH3 is 2. The molecular formula is C15H24N2O2. The Hall–Kier alpha value is -1.42. The largest absolute Gasteiger partial charge is 0.493 e. The molecule has 1 aliphatic rings. The van der Waals surface area contributed by atoms with Crippen molar-refractivity contribution in [2.45, 2.75) is 25.8 Å². The molecule has 4 heteroatoms. The Morgan fingerprint density at radius 1 is 1.16 bits per heavy atom. The van der Waals surface area contributed by atoms with Crippen molar-refractivity contribution in [3.63, 3.8) is 0 Å². The minimum atomic E-state index is 0.129. The summed E-state index contributed by atoms with van der Waals surface area (Å²) in [6.45, 7) is 7.60. The second kappa shape index (κ2) is 5.70. The van der Waals surface area contributed by atoms with Gasteiger partial charge in [0.2, 0.25) is 0 Å². The topological polar surface area (TPSA) is 33.7 Å². The van der Waals surface area contributed by atoms with Crippen LogP contribution in [-0.4, -0.2) is 39.4 Å². The first-order valence-corrected chi connectivity index (χ1v) is 6.78. The lowest BCUT2D eigenvalue weighted by molar-refractivity contribution is 0.355. The highest BCUT2D eigenvalue weighted by molar-refractivity contribution is 5.56. The highest BCUT2D eigenvalue weighted by Gasteiger charge is 2.24. The van der Waals surface area contributed by atoms with Crippen LogP contribution in [0.5, 0.6) is 11.5 Å². The number of rotatable bonds is 3. The molecule has 1 saturated heterocycles. The second-order valence-electron chi connectivity index (χ2n) is 5.63. The van der Waals surface area contributed by atoms with Gasteiger partial charge in [-0.2, -0.15) is 0 Å². The van der Waals surface area contributed by atoms with Gasteiger partial charge >= 0.3 is 0 Å². The molecule has 0 aromatic heterocycles. The van der Waals surface area contributed by atoms with Gasteiger partial charge in [-0.3, -0.25) is 0 Å². The Labute approximate surface area is 115 Å². The molecule has 0 radical (unpaired) electrons. The average molecular weight is 264 g/mol. The van der Waals surface area contributed by atoms with Gasteiger partial charge in [0.25, 0.3) is 0 Å². The number of nitrogens with zero attached hydrogens (tertiary/aromatic N) is 1. The van der Waals surface area contributed by atoms with Crippen LogP contribution < -0.4 is 19.7 Å². The summed E-state index contributed by atoms with van der Waals surface area (Å²) in [5.74, 6) is 1.56. The number of benzene rings is 1. The van der Waals surface area contributed by atoms with E-state index in [0.717, 1.165) is 37.6 Å². The van der Waals surface area contributed by atoms with Gasteiger partial charge in [-0.1, -0.05) is 0 Å². The molecule has 2 rings (SSSR count). The first-order chi connectivity index (χ1) is 9.05. The maximum atomic E-state index is 5.38. The van der Waals surface area contributed by atoms with Crippen LogP contribution in [-0.2, 0) is 0 Å². The maximum Gasteiger partial charge on any atom is 0.162 e. The van der Waals surface area contributed by atoms with Gasteiger partial charge in [0.05, 0.1) is 14.2 Å². The normalized spacial score (nSPS) is 18.8. The molecule has 0 spiro atoms. The minimum absolute atomic E-state index is 0.129. The minimum Gasteiger partial charge on any atom is -0.493 e. The molecule has 19 heavy (non-hydrogen) atoms. The van der Waals surface area contributed by atoms with Gasteiger partial charge in [-0.25, -0.2) is 0 Å². The molecule has 1 fully saturated rings. The Bertz CT molecular complexity index is 432. The molecule has 0 saturated carbocycles. The average Bonchev–Trinajstić information content (AvgIpc) is 2.58. The summed E-state index contributed by atoms with van der Waals surface area (Å²) in [6, 6.07) is 6.13. The summed E-state index contributed by atoms with van der Waals surface area (Å²) >= 11 is 0. The Kier molecular flexibility index (Phi) is 4.20. The lowest BCUT2D eigenvalue weighted by atomic mass is 10.1. The van der Waals surface area contributed by atoms with Crippen LogP contribution in [0.4, 0.5) is 5.69 Å². The zero-order valence-electron chi connectivity index (χ0n) is 12.3. The van der Waals surface area contributed by atoms with Gasteiger partial charge in [-0.05, 0) is 38.9 Å². The quantitative estimate of drug-likeness (QED) is 0.908. The Morgan fingerprint density at radius 2 is 1.89 bits per heavy atom. The standard InChI is InChI=1S/C15H24N2O2/c1-15(2)11-17(9-5-8-16-15)12-6-7-13(18-3)14(10-12)19-4/h6-7,10,16H,5,8-9,11H2,1-4H3. The van der Waals surface area contributed by atoms with Crippen LogP contribution in [0.1, 0.15) is 20.3 Å². The molecule has 4 nitrogen and oxygen atoms in total. The lowest BCUT2D eigenvalue weighted by Crippen LogP contribution is -2.46. The van der Waals surface area contributed by atoms with Crippen LogP contribution in [0.3, 0.4) is 0 Å². The first-order valence-electron chi connectivity index (χ1n) is 6.78. The lowest BCUT2D eigenvalue weighted by Gasteiger charge is -2.31. The van der Waals surface area contributed by atoms with Crippen molar-refractivity contribution in [2.75, 3.05) is 38.8 Å². The molecule has 0 aliphatic carbocycles. The van der Waals surface area contributed by atoms with E-state index < -0.39 is 0 Å². The summed E-state index contributed by atoms with van der Waals surface area (Å²) < 4.78 is 10.7. The fraction of sp³-hybridized carbons (Fsp3) is 0.600. The molecule has 1 N–H and O–H groups in total. The number of ether oxygens (including phenoxy) is 2. The predicted octanol–water partition coefficient (Wildman–Crippen LogP) is 2.28. The summed E-state index contributed by atoms with van der Waals surface area (Å²) in [7, 11) is 3.34. The number of nitrogens with one attached hydrogen (secondary N) is 1. The first kappa shape index (κ1) is 14.0. The van der Waals surface area contributed by atoms with Gasteiger partial charge in [0, 0.05) is 30.4 Å². The molecule has 1 aromatic rings. The Morgan fingerprint density at radius 3 is 2.58 bits per heavy atom. The number of hydrogen-bond acceptors (Lipinski definition) is 4. The van der Waals surface area contributed by atoms with E-state index in [-0.39, 0.29) is 5.54 Å². The van der Waals surface area contributed by atoms with E-state index in [0.29, 0.717) is 0 Å². The third-order valence-electron chi connectivity index (χ3n) is 3.53. The second-order valence-corrected chi connectivity index (χ2v) is 5.63. The van der Waals surface area contributed by atoms with Crippen molar-refractivity contribution in [3.05, 3.63) is 18.2 Å². The van der Waals surface area contributed by atoms with E-state index in [1.807, 2.05) is 6.07 Å². The molecule has 106 valence electrons. The zero-order chi connectivity index (χ0) is 13.9. The van der Waals surface area contributed by atoms with Gasteiger partial charge in [-0.15, -0.1) is 0 Å². The Balaban J connectivity index is 2.25. The van der Waals surface area contributed by atoms with Crippen molar-refractivity contribution in [1.82, 2.24) is 5.32 Å². The van der Waals surface area contributed by atoms with Crippen LogP contribution in [0.25, 0.3) is 0 Å². The molecule has 0 atom stereocenters. The SMILES string of the molecule is COc1ccc(N2CCCNC(C)(C)C2)cc1OC. The highest BCUT2D eigenvalue weighted by Crippen LogP contribution is 2.32. The number of anilines is 1. The molecule has 1 aliphatic heterocycles. The van der Waals surface area contributed by atoms with Gasteiger partial charge in [0.1, 0.15) is 0 Å². The molecule has 1 aromatic carbocycles. The van der Waals surface area contributed by atoms with E-state index >= 15 is 0 Å². The molecular weight excluding hydrogens is 240 g/mol. The van der Waals surface area contributed by atoms with Crippen molar-refractivity contribution < 1.29 is 9.47 Å². The summed E-state index contributed by atoms with van der Waals surface area (Å²) in [6.07, 6.45) is 1.15. The van der Waals surface area contributed by atoms with E-state index in [4.69, 9.17) is 9.47 Å². The fourth-order valence-corrected chi connectivity index (χ4v) is 2.55. The molecule has 0 amide bonds. The summed E-state index contributed by atoms with van der Waals surface area (Å²) in [5, 5.41) is 3.57. The summed E-state index contributed by atoms with van der Waals surface area (Å²) in [4.78, 5) is 2.40. The molecule has 0 unspecified atom stereocenters. The van der Waals surface area contributed by atoms with Crippen molar-refractivity contribution in [1.29, 1.82) is 0 Å². The van der Waals surface area contributed by atoms with Crippen LogP contribution in [0.15, 0.2) is 18.2 Å². The van der Waals surface area contributed by atoms with E-state index in [9.17, 15) is 0 Å². The fourth-order valence-electron chi connectivity index (χ4n) is 2.55. The van der Waals surface area contributed by atoms with E-state index in [1.165, 1.54) is 5.69 Å². The van der Waals surface area contributed by atoms with Crippen molar-refractivity contribution in [3.8, 4) is 11.5 Å². The molecule has 1 heterocycles. The smallest absolute Gasteiger partial charge is 0.162 e.